The molecule has 1 heterocycles. The van der Waals surface area contributed by atoms with Gasteiger partial charge < -0.3 is 16.0 Å². The summed E-state index contributed by atoms with van der Waals surface area (Å²) in [5.41, 5.74) is 5.20. The number of nitrogens with two attached hydrogens (primary N) is 1. The Morgan fingerprint density at radius 2 is 1.89 bits per heavy atom. The second-order valence-electron chi connectivity index (χ2n) is 5.78. The molecule has 0 spiro atoms. The summed E-state index contributed by atoms with van der Waals surface area (Å²) in [5, 5.41) is 2.76. The predicted molar refractivity (Wildman–Crippen MR) is 68.7 cm³/mol. The summed E-state index contributed by atoms with van der Waals surface area (Å²) in [6.07, 6.45) is 4.13. The van der Waals surface area contributed by atoms with Crippen molar-refractivity contribution in [3.63, 3.8) is 0 Å². The number of carbonyl (C=O) groups excluding carboxylic acids is 2. The van der Waals surface area contributed by atoms with Crippen LogP contribution in [0.5, 0.6) is 0 Å². The zero-order valence-corrected chi connectivity index (χ0v) is 11.2. The first-order chi connectivity index (χ1) is 8.43. The maximum absolute atomic E-state index is 12.1. The van der Waals surface area contributed by atoms with Crippen LogP contribution in [-0.4, -0.2) is 41.4 Å². The van der Waals surface area contributed by atoms with Crippen LogP contribution in [0.2, 0.25) is 0 Å². The van der Waals surface area contributed by atoms with Gasteiger partial charge in [-0.1, -0.05) is 0 Å². The lowest BCUT2D eigenvalue weighted by molar-refractivity contribution is -0.136. The summed E-state index contributed by atoms with van der Waals surface area (Å²) in [6.45, 7) is 5.11. The van der Waals surface area contributed by atoms with Gasteiger partial charge in [-0.05, 0) is 45.4 Å². The summed E-state index contributed by atoms with van der Waals surface area (Å²) in [6, 6.07) is -0.475. The summed E-state index contributed by atoms with van der Waals surface area (Å²) in [7, 11) is 0. The van der Waals surface area contributed by atoms with Gasteiger partial charge in [0.05, 0.1) is 5.54 Å². The molecule has 1 saturated heterocycles. The van der Waals surface area contributed by atoms with E-state index in [2.05, 4.69) is 5.32 Å². The number of amides is 2. The van der Waals surface area contributed by atoms with Gasteiger partial charge in [0.2, 0.25) is 11.8 Å². The van der Waals surface area contributed by atoms with Crippen LogP contribution in [0, 0.1) is 5.92 Å². The monoisotopic (exact) mass is 253 g/mol. The van der Waals surface area contributed by atoms with E-state index in [1.165, 1.54) is 0 Å². The van der Waals surface area contributed by atoms with Gasteiger partial charge in [0.15, 0.2) is 0 Å². The van der Waals surface area contributed by atoms with Crippen molar-refractivity contribution >= 4 is 11.8 Å². The normalized spacial score (nSPS) is 24.5. The standard InChI is InChI=1S/C13H23N3O2/c1-9(11(17)16-7-3-4-8-16)15-12(18)13(2,14)10-5-6-10/h9-10H,3-8,14H2,1-2H3,(H,15,18). The molecular formula is C13H23N3O2. The fourth-order valence-electron chi connectivity index (χ4n) is 2.49. The van der Waals surface area contributed by atoms with Crippen LogP contribution in [-0.2, 0) is 9.59 Å². The van der Waals surface area contributed by atoms with Gasteiger partial charge in [0.25, 0.3) is 0 Å². The molecule has 2 fully saturated rings. The van der Waals surface area contributed by atoms with Gasteiger partial charge in [0.1, 0.15) is 6.04 Å². The third-order valence-electron chi connectivity index (χ3n) is 4.05. The third-order valence-corrected chi connectivity index (χ3v) is 4.05. The van der Waals surface area contributed by atoms with Gasteiger partial charge in [0, 0.05) is 13.1 Å². The van der Waals surface area contributed by atoms with Crippen LogP contribution in [0.25, 0.3) is 0 Å². The summed E-state index contributed by atoms with van der Waals surface area (Å²) in [5.74, 6) is 0.0732. The minimum atomic E-state index is -0.834. The Morgan fingerprint density at radius 3 is 2.39 bits per heavy atom. The minimum Gasteiger partial charge on any atom is -0.343 e. The third kappa shape index (κ3) is 2.66. The molecule has 0 radical (unpaired) electrons. The summed E-state index contributed by atoms with van der Waals surface area (Å²) < 4.78 is 0. The van der Waals surface area contributed by atoms with Crippen LogP contribution in [0.3, 0.4) is 0 Å². The van der Waals surface area contributed by atoms with Crippen molar-refractivity contribution in [1.82, 2.24) is 10.2 Å². The van der Waals surface area contributed by atoms with Crippen molar-refractivity contribution in [3.05, 3.63) is 0 Å². The van der Waals surface area contributed by atoms with E-state index in [0.29, 0.717) is 0 Å². The Hall–Kier alpha value is -1.10. The number of carbonyl (C=O) groups is 2. The number of nitrogens with one attached hydrogen (secondary N) is 1. The number of nitrogens with zero attached hydrogens (tertiary/aromatic N) is 1. The molecule has 0 aromatic rings. The first-order valence-corrected chi connectivity index (χ1v) is 6.81. The van der Waals surface area contributed by atoms with Crippen LogP contribution in [0.1, 0.15) is 39.5 Å². The van der Waals surface area contributed by atoms with Crippen molar-refractivity contribution < 1.29 is 9.59 Å². The van der Waals surface area contributed by atoms with Gasteiger partial charge in [-0.25, -0.2) is 0 Å². The van der Waals surface area contributed by atoms with Gasteiger partial charge in [-0.2, -0.15) is 0 Å². The van der Waals surface area contributed by atoms with Crippen molar-refractivity contribution in [2.45, 2.75) is 51.1 Å². The van der Waals surface area contributed by atoms with E-state index in [1.54, 1.807) is 13.8 Å². The largest absolute Gasteiger partial charge is 0.343 e. The van der Waals surface area contributed by atoms with Crippen molar-refractivity contribution in [3.8, 4) is 0 Å². The molecule has 0 aromatic heterocycles. The molecule has 1 aliphatic heterocycles. The van der Waals surface area contributed by atoms with Gasteiger partial charge in [-0.15, -0.1) is 0 Å². The molecule has 5 nitrogen and oxygen atoms in total. The second-order valence-corrected chi connectivity index (χ2v) is 5.78. The quantitative estimate of drug-likeness (QED) is 0.753. The Bertz CT molecular complexity index is 344. The highest BCUT2D eigenvalue weighted by atomic mass is 16.2. The lowest BCUT2D eigenvalue weighted by atomic mass is 9.96. The molecule has 0 bridgehead atoms. The molecule has 18 heavy (non-hydrogen) atoms. The Labute approximate surface area is 108 Å². The molecular weight excluding hydrogens is 230 g/mol. The molecule has 2 aliphatic rings. The fourth-order valence-corrected chi connectivity index (χ4v) is 2.49. The van der Waals surface area contributed by atoms with Crippen molar-refractivity contribution in [2.24, 2.45) is 11.7 Å². The molecule has 1 saturated carbocycles. The average Bonchev–Trinajstić information content (AvgIpc) is 3.05. The average molecular weight is 253 g/mol. The molecule has 5 heteroatoms. The molecule has 3 N–H and O–H groups in total. The van der Waals surface area contributed by atoms with Crippen molar-refractivity contribution in [1.29, 1.82) is 0 Å². The molecule has 2 rings (SSSR count). The minimum absolute atomic E-state index is 0.00690. The molecule has 2 unspecified atom stereocenters. The van der Waals surface area contributed by atoms with E-state index in [0.717, 1.165) is 38.8 Å². The number of likely N-dealkylation sites (tertiary alicyclic amines) is 1. The smallest absolute Gasteiger partial charge is 0.244 e. The maximum Gasteiger partial charge on any atom is 0.244 e. The van der Waals surface area contributed by atoms with Crippen LogP contribution in [0.4, 0.5) is 0 Å². The van der Waals surface area contributed by atoms with E-state index < -0.39 is 11.6 Å². The number of hydrogen-bond donors (Lipinski definition) is 2. The van der Waals surface area contributed by atoms with Gasteiger partial charge in [-0.3, -0.25) is 9.59 Å². The maximum atomic E-state index is 12.1. The Morgan fingerprint density at radius 1 is 1.33 bits per heavy atom. The topological polar surface area (TPSA) is 75.4 Å². The van der Waals surface area contributed by atoms with E-state index in [9.17, 15) is 9.59 Å². The highest BCUT2D eigenvalue weighted by molar-refractivity contribution is 5.92. The number of rotatable bonds is 4. The Balaban J connectivity index is 1.88. The lowest BCUT2D eigenvalue weighted by Crippen LogP contribution is -2.57. The zero-order chi connectivity index (χ0) is 13.3. The summed E-state index contributed by atoms with van der Waals surface area (Å²) >= 11 is 0. The van der Waals surface area contributed by atoms with E-state index in [-0.39, 0.29) is 17.7 Å². The molecule has 0 aromatic carbocycles. The fraction of sp³-hybridized carbons (Fsp3) is 0.846. The van der Waals surface area contributed by atoms with E-state index in [4.69, 9.17) is 5.73 Å². The molecule has 1 aliphatic carbocycles. The van der Waals surface area contributed by atoms with Gasteiger partial charge >= 0.3 is 0 Å². The highest BCUT2D eigenvalue weighted by Crippen LogP contribution is 2.38. The van der Waals surface area contributed by atoms with Crippen molar-refractivity contribution in [2.75, 3.05) is 13.1 Å². The first kappa shape index (κ1) is 13.3. The first-order valence-electron chi connectivity index (χ1n) is 6.81. The Kier molecular flexibility index (Phi) is 3.61. The molecule has 2 atom stereocenters. The number of hydrogen-bond acceptors (Lipinski definition) is 3. The SMILES string of the molecule is CC(NC(=O)C(C)(N)C1CC1)C(=O)N1CCCC1. The van der Waals surface area contributed by atoms with E-state index >= 15 is 0 Å². The zero-order valence-electron chi connectivity index (χ0n) is 11.2. The highest BCUT2D eigenvalue weighted by Gasteiger charge is 2.44. The van der Waals surface area contributed by atoms with Crippen LogP contribution < -0.4 is 11.1 Å². The predicted octanol–water partition coefficient (Wildman–Crippen LogP) is 0.241. The lowest BCUT2D eigenvalue weighted by Gasteiger charge is -2.27. The molecule has 2 amide bonds. The summed E-state index contributed by atoms with van der Waals surface area (Å²) in [4.78, 5) is 25.9. The van der Waals surface area contributed by atoms with E-state index in [1.807, 2.05) is 4.90 Å². The van der Waals surface area contributed by atoms with Crippen LogP contribution in [0.15, 0.2) is 0 Å². The second kappa shape index (κ2) is 4.88. The molecule has 102 valence electrons. The van der Waals surface area contributed by atoms with Crippen LogP contribution >= 0.6 is 0 Å².